The highest BCUT2D eigenvalue weighted by molar-refractivity contribution is 9.10. The van der Waals surface area contributed by atoms with Gasteiger partial charge in [0.15, 0.2) is 9.84 Å². The number of piperidine rings is 1. The molecule has 2 N–H and O–H groups in total. The second-order valence-electron chi connectivity index (χ2n) is 5.84. The van der Waals surface area contributed by atoms with Crippen molar-refractivity contribution in [2.45, 2.75) is 43.2 Å². The number of hydrogen-bond donors (Lipinski definition) is 1. The molecule has 5 nitrogen and oxygen atoms in total. The van der Waals surface area contributed by atoms with Crippen LogP contribution in [0.25, 0.3) is 0 Å². The number of sulfone groups is 1. The molecule has 2 atom stereocenters. The predicted octanol–water partition coefficient (Wildman–Crippen LogP) is 2.19. The lowest BCUT2D eigenvalue weighted by atomic mass is 9.96. The van der Waals surface area contributed by atoms with Gasteiger partial charge in [0.2, 0.25) is 0 Å². The van der Waals surface area contributed by atoms with E-state index in [0.717, 1.165) is 25.5 Å². The van der Waals surface area contributed by atoms with Gasteiger partial charge in [0.05, 0.1) is 4.90 Å². The Kier molecular flexibility index (Phi) is 5.29. The summed E-state index contributed by atoms with van der Waals surface area (Å²) in [6.45, 7) is 2.56. The molecule has 1 aromatic carbocycles. The third-order valence-corrected chi connectivity index (χ3v) is 6.09. The van der Waals surface area contributed by atoms with Gasteiger partial charge in [0.25, 0.3) is 5.91 Å². The van der Waals surface area contributed by atoms with E-state index in [1.54, 1.807) is 17.0 Å². The van der Waals surface area contributed by atoms with Gasteiger partial charge in [-0.05, 0) is 60.3 Å². The van der Waals surface area contributed by atoms with Crippen molar-refractivity contribution < 1.29 is 13.2 Å². The van der Waals surface area contributed by atoms with E-state index in [9.17, 15) is 13.2 Å². The van der Waals surface area contributed by atoms with Gasteiger partial charge in [-0.2, -0.15) is 0 Å². The molecule has 0 aromatic heterocycles. The van der Waals surface area contributed by atoms with E-state index >= 15 is 0 Å². The van der Waals surface area contributed by atoms with E-state index in [4.69, 9.17) is 5.73 Å². The molecule has 0 bridgehead atoms. The number of likely N-dealkylation sites (tertiary alicyclic amines) is 1. The molecule has 1 aromatic rings. The Labute approximate surface area is 139 Å². The van der Waals surface area contributed by atoms with Gasteiger partial charge >= 0.3 is 0 Å². The number of nitrogens with two attached hydrogens (primary N) is 1. The van der Waals surface area contributed by atoms with Crippen molar-refractivity contribution in [3.63, 3.8) is 0 Å². The fourth-order valence-corrected chi connectivity index (χ4v) is 4.73. The lowest BCUT2D eigenvalue weighted by molar-refractivity contribution is 0.0583. The van der Waals surface area contributed by atoms with Crippen molar-refractivity contribution in [1.82, 2.24) is 4.90 Å². The highest BCUT2D eigenvalue weighted by atomic mass is 79.9. The maximum atomic E-state index is 12.8. The Morgan fingerprint density at radius 2 is 2.09 bits per heavy atom. The molecule has 1 fully saturated rings. The van der Waals surface area contributed by atoms with Crippen LogP contribution in [0.4, 0.5) is 0 Å². The lowest BCUT2D eigenvalue weighted by Crippen LogP contribution is -2.51. The summed E-state index contributed by atoms with van der Waals surface area (Å²) >= 11 is 3.22. The number of hydrogen-bond acceptors (Lipinski definition) is 4. The number of rotatable bonds is 3. The minimum atomic E-state index is -3.39. The minimum absolute atomic E-state index is 0.00609. The van der Waals surface area contributed by atoms with Crippen LogP contribution in [-0.4, -0.2) is 44.1 Å². The summed E-state index contributed by atoms with van der Waals surface area (Å²) < 4.78 is 24.1. The number of nitrogens with zero attached hydrogens (tertiary/aromatic N) is 1. The number of halogens is 1. The fourth-order valence-electron chi connectivity index (χ4n) is 2.84. The molecule has 1 amide bonds. The zero-order valence-corrected chi connectivity index (χ0v) is 15.2. The number of carbonyl (C=O) groups is 1. The first-order chi connectivity index (χ1) is 10.2. The lowest BCUT2D eigenvalue weighted by Gasteiger charge is -2.38. The molecule has 1 aliphatic heterocycles. The Morgan fingerprint density at radius 1 is 1.41 bits per heavy atom. The molecule has 0 saturated carbocycles. The molecule has 22 heavy (non-hydrogen) atoms. The molecule has 1 heterocycles. The number of amides is 1. The second-order valence-corrected chi connectivity index (χ2v) is 8.68. The van der Waals surface area contributed by atoms with Crippen LogP contribution in [0.3, 0.4) is 0 Å². The first kappa shape index (κ1) is 17.4. The SMILES string of the molecule is CC(N)C1CCCCN1C(=O)c1ccc(Br)c(S(C)(=O)=O)c1. The van der Waals surface area contributed by atoms with Crippen LogP contribution in [0.5, 0.6) is 0 Å². The van der Waals surface area contributed by atoms with Gasteiger partial charge < -0.3 is 10.6 Å². The molecular weight excluding hydrogens is 368 g/mol. The third-order valence-electron chi connectivity index (χ3n) is 3.99. The van der Waals surface area contributed by atoms with E-state index in [-0.39, 0.29) is 22.9 Å². The molecule has 122 valence electrons. The molecule has 0 radical (unpaired) electrons. The quantitative estimate of drug-likeness (QED) is 0.860. The van der Waals surface area contributed by atoms with Crippen LogP contribution in [-0.2, 0) is 9.84 Å². The number of benzene rings is 1. The van der Waals surface area contributed by atoms with Crippen LogP contribution in [0, 0.1) is 0 Å². The molecule has 7 heteroatoms. The second kappa shape index (κ2) is 6.68. The normalized spacial score (nSPS) is 20.7. The Bertz CT molecular complexity index is 673. The first-order valence-corrected chi connectivity index (χ1v) is 9.96. The van der Waals surface area contributed by atoms with Gasteiger partial charge in [-0.3, -0.25) is 4.79 Å². The Morgan fingerprint density at radius 3 is 2.68 bits per heavy atom. The van der Waals surface area contributed by atoms with Crippen LogP contribution >= 0.6 is 15.9 Å². The average Bonchev–Trinajstić information content (AvgIpc) is 2.45. The molecule has 0 spiro atoms. The molecule has 1 aliphatic rings. The van der Waals surface area contributed by atoms with Gasteiger partial charge in [-0.25, -0.2) is 8.42 Å². The van der Waals surface area contributed by atoms with Crippen LogP contribution < -0.4 is 5.73 Å². The monoisotopic (exact) mass is 388 g/mol. The van der Waals surface area contributed by atoms with Crippen LogP contribution in [0.1, 0.15) is 36.5 Å². The molecular formula is C15H21BrN2O3S. The van der Waals surface area contributed by atoms with Crippen LogP contribution in [0.2, 0.25) is 0 Å². The molecule has 1 saturated heterocycles. The minimum Gasteiger partial charge on any atom is -0.334 e. The maximum Gasteiger partial charge on any atom is 0.254 e. The van der Waals surface area contributed by atoms with Crippen molar-refractivity contribution >= 4 is 31.7 Å². The zero-order valence-electron chi connectivity index (χ0n) is 12.8. The summed E-state index contributed by atoms with van der Waals surface area (Å²) in [5.41, 5.74) is 6.38. The average molecular weight is 389 g/mol. The third kappa shape index (κ3) is 3.70. The zero-order chi connectivity index (χ0) is 16.5. The van der Waals surface area contributed by atoms with E-state index in [0.29, 0.717) is 16.6 Å². The molecule has 0 aliphatic carbocycles. The topological polar surface area (TPSA) is 80.5 Å². The van der Waals surface area contributed by atoms with Crippen molar-refractivity contribution in [3.8, 4) is 0 Å². The molecule has 2 unspecified atom stereocenters. The summed E-state index contributed by atoms with van der Waals surface area (Å²) in [4.78, 5) is 14.7. The van der Waals surface area contributed by atoms with Crippen molar-refractivity contribution in [1.29, 1.82) is 0 Å². The van der Waals surface area contributed by atoms with Crippen LogP contribution in [0.15, 0.2) is 27.6 Å². The standard InChI is InChI=1S/C15H21BrN2O3S/c1-10(17)13-5-3-4-8-18(13)15(19)11-6-7-12(16)14(9-11)22(2,20)21/h6-7,9-10,13H,3-5,8,17H2,1-2H3. The van der Waals surface area contributed by atoms with Gasteiger partial charge in [0.1, 0.15) is 0 Å². The Balaban J connectivity index is 2.37. The smallest absolute Gasteiger partial charge is 0.254 e. The first-order valence-electron chi connectivity index (χ1n) is 7.28. The summed E-state index contributed by atoms with van der Waals surface area (Å²) in [6.07, 6.45) is 4.03. The molecule has 2 rings (SSSR count). The van der Waals surface area contributed by atoms with Crippen molar-refractivity contribution in [2.24, 2.45) is 5.73 Å². The summed E-state index contributed by atoms with van der Waals surface area (Å²) in [7, 11) is -3.39. The highest BCUT2D eigenvalue weighted by Crippen LogP contribution is 2.26. The van der Waals surface area contributed by atoms with E-state index in [1.807, 2.05) is 6.92 Å². The van der Waals surface area contributed by atoms with Crippen molar-refractivity contribution in [2.75, 3.05) is 12.8 Å². The summed E-state index contributed by atoms with van der Waals surface area (Å²) in [5.74, 6) is -0.153. The van der Waals surface area contributed by atoms with Crippen molar-refractivity contribution in [3.05, 3.63) is 28.2 Å². The Hall–Kier alpha value is -0.920. The fraction of sp³-hybridized carbons (Fsp3) is 0.533. The van der Waals surface area contributed by atoms with Gasteiger partial charge in [0, 0.05) is 34.9 Å². The van der Waals surface area contributed by atoms with E-state index < -0.39 is 9.84 Å². The van der Waals surface area contributed by atoms with Gasteiger partial charge in [-0.15, -0.1) is 0 Å². The largest absolute Gasteiger partial charge is 0.334 e. The predicted molar refractivity (Wildman–Crippen MR) is 89.6 cm³/mol. The number of carbonyl (C=O) groups excluding carboxylic acids is 1. The van der Waals surface area contributed by atoms with E-state index in [2.05, 4.69) is 15.9 Å². The highest BCUT2D eigenvalue weighted by Gasteiger charge is 2.30. The van der Waals surface area contributed by atoms with E-state index in [1.165, 1.54) is 6.07 Å². The summed E-state index contributed by atoms with van der Waals surface area (Å²) in [5, 5.41) is 0. The van der Waals surface area contributed by atoms with Gasteiger partial charge in [-0.1, -0.05) is 0 Å². The maximum absolute atomic E-state index is 12.8. The summed E-state index contributed by atoms with van der Waals surface area (Å²) in [6, 6.07) is 4.59.